The van der Waals surface area contributed by atoms with Gasteiger partial charge < -0.3 is 5.73 Å². The zero-order valence-electron chi connectivity index (χ0n) is 6.84. The van der Waals surface area contributed by atoms with Crippen LogP contribution in [0.5, 0.6) is 0 Å². The van der Waals surface area contributed by atoms with E-state index in [1.165, 1.54) is 0 Å². The Morgan fingerprint density at radius 3 is 2.82 bits per heavy atom. The zero-order valence-corrected chi connectivity index (χ0v) is 7.60. The number of aliphatic imine (C=N–C) groups is 1. The lowest BCUT2D eigenvalue weighted by atomic mass is 9.82. The van der Waals surface area contributed by atoms with Crippen LogP contribution >= 0.6 is 11.6 Å². The normalized spacial score (nSPS) is 33.3. The fourth-order valence-electron chi connectivity index (χ4n) is 0.906. The lowest BCUT2D eigenvalue weighted by Gasteiger charge is -2.30. The van der Waals surface area contributed by atoms with E-state index in [0.717, 1.165) is 0 Å². The number of hydrogen-bond donors (Lipinski definition) is 1. The maximum atomic E-state index is 5.78. The van der Waals surface area contributed by atoms with Crippen molar-refractivity contribution in [3.63, 3.8) is 0 Å². The second-order valence-corrected chi connectivity index (χ2v) is 3.65. The zero-order chi connectivity index (χ0) is 8.48. The minimum absolute atomic E-state index is 0.0155. The van der Waals surface area contributed by atoms with Crippen LogP contribution in [-0.4, -0.2) is 17.8 Å². The summed E-state index contributed by atoms with van der Waals surface area (Å²) >= 11 is 5.67. The highest BCUT2D eigenvalue weighted by Crippen LogP contribution is 2.25. The first-order chi connectivity index (χ1) is 5.04. The molecule has 0 aromatic carbocycles. The molecule has 2 nitrogen and oxygen atoms in total. The van der Waals surface area contributed by atoms with Crippen molar-refractivity contribution in [1.82, 2.24) is 0 Å². The van der Waals surface area contributed by atoms with E-state index in [-0.39, 0.29) is 11.5 Å². The van der Waals surface area contributed by atoms with Crippen LogP contribution in [-0.2, 0) is 0 Å². The summed E-state index contributed by atoms with van der Waals surface area (Å²) < 4.78 is 0. The van der Waals surface area contributed by atoms with Gasteiger partial charge >= 0.3 is 0 Å². The number of hydrogen-bond acceptors (Lipinski definition) is 2. The second-order valence-electron chi connectivity index (χ2n) is 3.27. The molecule has 11 heavy (non-hydrogen) atoms. The van der Waals surface area contributed by atoms with Crippen LogP contribution in [0, 0.1) is 5.41 Å². The first-order valence-corrected chi connectivity index (χ1v) is 4.07. The average molecular weight is 173 g/mol. The number of nitrogens with zero attached hydrogens (tertiary/aromatic N) is 1. The molecule has 2 atom stereocenters. The van der Waals surface area contributed by atoms with Crippen LogP contribution in [0.4, 0.5) is 0 Å². The number of dihydropyridines is 1. The third-order valence-corrected chi connectivity index (χ3v) is 2.46. The molecule has 0 aromatic heterocycles. The average Bonchev–Trinajstić information content (AvgIpc) is 1.95. The van der Waals surface area contributed by atoms with E-state index in [1.807, 2.05) is 19.1 Å². The predicted octanol–water partition coefficient (Wildman–Crippen LogP) is 1.55. The Labute approximate surface area is 72.1 Å². The van der Waals surface area contributed by atoms with Gasteiger partial charge in [0.2, 0.25) is 0 Å². The molecule has 0 saturated heterocycles. The van der Waals surface area contributed by atoms with Crippen molar-refractivity contribution < 1.29 is 0 Å². The van der Waals surface area contributed by atoms with Crippen LogP contribution in [0.1, 0.15) is 13.8 Å². The Balaban J connectivity index is 2.74. The number of nitrogens with two attached hydrogens (primary N) is 1. The Hall–Kier alpha value is -0.340. The highest BCUT2D eigenvalue weighted by molar-refractivity contribution is 6.68. The molecule has 0 spiro atoms. The summed E-state index contributed by atoms with van der Waals surface area (Å²) in [6.07, 6.45) is 3.85. The van der Waals surface area contributed by atoms with Crippen LogP contribution in [0.25, 0.3) is 0 Å². The first kappa shape index (κ1) is 8.75. The predicted molar refractivity (Wildman–Crippen MR) is 49.1 cm³/mol. The lowest BCUT2D eigenvalue weighted by molar-refractivity contribution is 0.364. The third-order valence-electron chi connectivity index (χ3n) is 2.21. The molecule has 0 radical (unpaired) electrons. The molecule has 0 bridgehead atoms. The van der Waals surface area contributed by atoms with Gasteiger partial charge in [0, 0.05) is 11.5 Å². The molecule has 1 unspecified atom stereocenters. The summed E-state index contributed by atoms with van der Waals surface area (Å²) in [7, 11) is 0. The SMILES string of the molecule is C[C@H](N)C1(C)C=CC(Cl)=NC1. The van der Waals surface area contributed by atoms with Gasteiger partial charge in [0.05, 0.1) is 6.54 Å². The van der Waals surface area contributed by atoms with Gasteiger partial charge in [-0.05, 0) is 13.0 Å². The van der Waals surface area contributed by atoms with Crippen LogP contribution in [0.15, 0.2) is 17.1 Å². The molecule has 0 amide bonds. The standard InChI is InChI=1S/C8H13ClN2/c1-6(10)8(2)4-3-7(9)11-5-8/h3-4,6H,5,10H2,1-2H3/t6-,8?/m0/s1. The molecular formula is C8H13ClN2. The quantitative estimate of drug-likeness (QED) is 0.641. The molecule has 1 aliphatic heterocycles. The molecule has 62 valence electrons. The van der Waals surface area contributed by atoms with Crippen molar-refractivity contribution in [2.24, 2.45) is 16.1 Å². The van der Waals surface area contributed by atoms with Crippen LogP contribution in [0.2, 0.25) is 0 Å². The third kappa shape index (κ3) is 1.82. The van der Waals surface area contributed by atoms with E-state index in [4.69, 9.17) is 17.3 Å². The summed E-state index contributed by atoms with van der Waals surface area (Å²) in [5.41, 5.74) is 5.77. The lowest BCUT2D eigenvalue weighted by Crippen LogP contribution is -2.39. The summed E-state index contributed by atoms with van der Waals surface area (Å²) in [4.78, 5) is 4.12. The van der Waals surface area contributed by atoms with Crippen molar-refractivity contribution in [2.45, 2.75) is 19.9 Å². The van der Waals surface area contributed by atoms with Crippen molar-refractivity contribution >= 4 is 16.8 Å². The van der Waals surface area contributed by atoms with Gasteiger partial charge in [-0.15, -0.1) is 0 Å². The van der Waals surface area contributed by atoms with Crippen LogP contribution < -0.4 is 5.73 Å². The molecule has 1 aliphatic rings. The summed E-state index contributed by atoms with van der Waals surface area (Å²) in [6.45, 7) is 4.76. The molecule has 0 aliphatic carbocycles. The molecule has 0 fully saturated rings. The molecule has 0 aromatic rings. The Bertz CT molecular complexity index is 208. The molecule has 3 heteroatoms. The molecular weight excluding hydrogens is 160 g/mol. The molecule has 1 rings (SSSR count). The van der Waals surface area contributed by atoms with Gasteiger partial charge in [-0.1, -0.05) is 24.6 Å². The van der Waals surface area contributed by atoms with Crippen LogP contribution in [0.3, 0.4) is 0 Å². The van der Waals surface area contributed by atoms with Crippen molar-refractivity contribution in [2.75, 3.05) is 6.54 Å². The van der Waals surface area contributed by atoms with E-state index < -0.39 is 0 Å². The first-order valence-electron chi connectivity index (χ1n) is 3.69. The smallest absolute Gasteiger partial charge is 0.123 e. The van der Waals surface area contributed by atoms with E-state index >= 15 is 0 Å². The summed E-state index contributed by atoms with van der Waals surface area (Å²) in [5.74, 6) is 0. The molecule has 0 saturated carbocycles. The van der Waals surface area contributed by atoms with Crippen molar-refractivity contribution in [3.05, 3.63) is 12.2 Å². The molecule has 1 heterocycles. The van der Waals surface area contributed by atoms with E-state index in [1.54, 1.807) is 0 Å². The summed E-state index contributed by atoms with van der Waals surface area (Å²) in [5, 5.41) is 0.572. The minimum Gasteiger partial charge on any atom is -0.327 e. The van der Waals surface area contributed by atoms with Gasteiger partial charge in [0.15, 0.2) is 0 Å². The van der Waals surface area contributed by atoms with Crippen molar-refractivity contribution in [1.29, 1.82) is 0 Å². The van der Waals surface area contributed by atoms with Crippen molar-refractivity contribution in [3.8, 4) is 0 Å². The maximum absolute atomic E-state index is 5.78. The van der Waals surface area contributed by atoms with Gasteiger partial charge in [0.25, 0.3) is 0 Å². The van der Waals surface area contributed by atoms with E-state index in [2.05, 4.69) is 11.9 Å². The number of allylic oxidation sites excluding steroid dienone is 1. The fraction of sp³-hybridized carbons (Fsp3) is 0.625. The Morgan fingerprint density at radius 2 is 2.45 bits per heavy atom. The highest BCUT2D eigenvalue weighted by Gasteiger charge is 2.27. The van der Waals surface area contributed by atoms with E-state index in [9.17, 15) is 0 Å². The highest BCUT2D eigenvalue weighted by atomic mass is 35.5. The van der Waals surface area contributed by atoms with E-state index in [0.29, 0.717) is 11.7 Å². The Kier molecular flexibility index (Phi) is 2.35. The van der Waals surface area contributed by atoms with Gasteiger partial charge in [-0.2, -0.15) is 0 Å². The van der Waals surface area contributed by atoms with Gasteiger partial charge in [-0.25, -0.2) is 0 Å². The number of rotatable bonds is 1. The molecule has 2 N–H and O–H groups in total. The Morgan fingerprint density at radius 1 is 1.82 bits per heavy atom. The monoisotopic (exact) mass is 172 g/mol. The fourth-order valence-corrected chi connectivity index (χ4v) is 1.03. The minimum atomic E-state index is -0.0155. The largest absolute Gasteiger partial charge is 0.327 e. The van der Waals surface area contributed by atoms with Gasteiger partial charge in [0.1, 0.15) is 5.17 Å². The maximum Gasteiger partial charge on any atom is 0.123 e. The van der Waals surface area contributed by atoms with Gasteiger partial charge in [-0.3, -0.25) is 4.99 Å². The number of halogens is 1. The summed E-state index contributed by atoms with van der Waals surface area (Å²) in [6, 6.07) is 0.118. The second kappa shape index (κ2) is 2.95. The topological polar surface area (TPSA) is 38.4 Å².